The number of nitrogens with zero attached hydrogens (tertiary/aromatic N) is 1. The van der Waals surface area contributed by atoms with Crippen molar-refractivity contribution in [3.8, 4) is 0 Å². The maximum atomic E-state index is 13.1. The molecule has 0 amide bonds. The lowest BCUT2D eigenvalue weighted by Gasteiger charge is -2.17. The van der Waals surface area contributed by atoms with Gasteiger partial charge in [0.1, 0.15) is 10.7 Å². The van der Waals surface area contributed by atoms with Crippen molar-refractivity contribution in [2.75, 3.05) is 0 Å². The molecule has 0 spiro atoms. The van der Waals surface area contributed by atoms with Gasteiger partial charge >= 0.3 is 0 Å². The van der Waals surface area contributed by atoms with Crippen molar-refractivity contribution in [1.29, 1.82) is 0 Å². The third kappa shape index (κ3) is 2.67. The van der Waals surface area contributed by atoms with Gasteiger partial charge in [-0.25, -0.2) is 17.5 Å². The molecule has 5 nitrogen and oxygen atoms in total. The number of hydrogen-bond donors (Lipinski definition) is 2. The molecule has 0 saturated heterocycles. The number of aromatic nitrogens is 1. The summed E-state index contributed by atoms with van der Waals surface area (Å²) in [5, 5.41) is 10.1. The highest BCUT2D eigenvalue weighted by atomic mass is 32.2. The Kier molecular flexibility index (Phi) is 3.48. The number of aliphatic hydroxyl groups is 1. The van der Waals surface area contributed by atoms with Crippen LogP contribution >= 0.6 is 0 Å². The Hall–Kier alpha value is -1.83. The van der Waals surface area contributed by atoms with E-state index in [1.807, 2.05) is 12.1 Å². The highest BCUT2D eigenvalue weighted by Gasteiger charge is 2.34. The molecule has 2 N–H and O–H groups in total. The molecule has 2 atom stereocenters. The van der Waals surface area contributed by atoms with Crippen LogP contribution < -0.4 is 4.72 Å². The Bertz CT molecular complexity index is 779. The van der Waals surface area contributed by atoms with E-state index in [9.17, 15) is 17.9 Å². The van der Waals surface area contributed by atoms with Gasteiger partial charge in [0.05, 0.1) is 18.3 Å². The number of sulfonamides is 1. The normalized spacial score (nSPS) is 21.2. The number of fused-ring (bicyclic) bond motifs is 1. The Morgan fingerprint density at radius 2 is 2.05 bits per heavy atom. The quantitative estimate of drug-likeness (QED) is 0.892. The average Bonchev–Trinajstić information content (AvgIpc) is 2.75. The van der Waals surface area contributed by atoms with Gasteiger partial charge < -0.3 is 5.11 Å². The SMILES string of the molecule is O=S(=O)(N[C@@H]1c2ccccc2C[C@@H]1O)c1cncc(F)c1. The number of pyridine rings is 1. The largest absolute Gasteiger partial charge is 0.391 e. The average molecular weight is 308 g/mol. The molecule has 3 rings (SSSR count). The van der Waals surface area contributed by atoms with E-state index in [-0.39, 0.29) is 4.90 Å². The molecule has 1 heterocycles. The van der Waals surface area contributed by atoms with Gasteiger partial charge in [-0.1, -0.05) is 24.3 Å². The molecule has 0 unspecified atom stereocenters. The van der Waals surface area contributed by atoms with Crippen LogP contribution in [-0.4, -0.2) is 24.6 Å². The van der Waals surface area contributed by atoms with Crippen molar-refractivity contribution in [3.63, 3.8) is 0 Å². The Labute approximate surface area is 121 Å². The van der Waals surface area contributed by atoms with Crippen LogP contribution in [0.15, 0.2) is 47.6 Å². The van der Waals surface area contributed by atoms with E-state index < -0.39 is 28.0 Å². The predicted molar refractivity (Wildman–Crippen MR) is 73.4 cm³/mol. The zero-order valence-corrected chi connectivity index (χ0v) is 11.7. The second kappa shape index (κ2) is 5.18. The maximum Gasteiger partial charge on any atom is 0.242 e. The van der Waals surface area contributed by atoms with Crippen LogP contribution in [0, 0.1) is 5.82 Å². The van der Waals surface area contributed by atoms with Gasteiger partial charge in [0.2, 0.25) is 10.0 Å². The molecule has 2 aromatic rings. The third-order valence-electron chi connectivity index (χ3n) is 3.48. The summed E-state index contributed by atoms with van der Waals surface area (Å²) in [5.74, 6) is -0.731. The van der Waals surface area contributed by atoms with Gasteiger partial charge in [0, 0.05) is 12.6 Å². The van der Waals surface area contributed by atoms with Crippen LogP contribution in [-0.2, 0) is 16.4 Å². The molecule has 110 valence electrons. The molecule has 1 aromatic heterocycles. The predicted octanol–water partition coefficient (Wildman–Crippen LogP) is 1.16. The van der Waals surface area contributed by atoms with Crippen LogP contribution in [0.4, 0.5) is 4.39 Å². The summed E-state index contributed by atoms with van der Waals surface area (Å²) in [6.45, 7) is 0. The van der Waals surface area contributed by atoms with Crippen molar-refractivity contribution >= 4 is 10.0 Å². The Morgan fingerprint density at radius 1 is 1.29 bits per heavy atom. The van der Waals surface area contributed by atoms with Gasteiger partial charge in [0.25, 0.3) is 0 Å². The number of aliphatic hydroxyl groups excluding tert-OH is 1. The number of nitrogens with one attached hydrogen (secondary N) is 1. The zero-order valence-electron chi connectivity index (χ0n) is 10.9. The van der Waals surface area contributed by atoms with Crippen LogP contribution in [0.3, 0.4) is 0 Å². The van der Waals surface area contributed by atoms with Crippen molar-refractivity contribution in [3.05, 3.63) is 59.7 Å². The second-order valence-corrected chi connectivity index (χ2v) is 6.62. The highest BCUT2D eigenvalue weighted by molar-refractivity contribution is 7.89. The standard InChI is InChI=1S/C14H13FN2O3S/c15-10-6-11(8-16-7-10)21(19,20)17-14-12-4-2-1-3-9(12)5-13(14)18/h1-4,6-8,13-14,17-18H,5H2/t13-,14+/m0/s1. The van der Waals surface area contributed by atoms with Gasteiger partial charge in [-0.05, 0) is 17.2 Å². The minimum Gasteiger partial charge on any atom is -0.391 e. The number of benzene rings is 1. The number of hydrogen-bond acceptors (Lipinski definition) is 4. The molecule has 0 bridgehead atoms. The first-order valence-electron chi connectivity index (χ1n) is 6.36. The zero-order chi connectivity index (χ0) is 15.0. The van der Waals surface area contributed by atoms with Crippen LogP contribution in [0.1, 0.15) is 17.2 Å². The highest BCUT2D eigenvalue weighted by Crippen LogP contribution is 2.32. The van der Waals surface area contributed by atoms with Gasteiger partial charge in [0.15, 0.2) is 0 Å². The molecule has 0 aliphatic heterocycles. The van der Waals surface area contributed by atoms with E-state index in [4.69, 9.17) is 0 Å². The molecule has 1 aromatic carbocycles. The first-order valence-corrected chi connectivity index (χ1v) is 7.84. The van der Waals surface area contributed by atoms with E-state index in [0.717, 1.165) is 29.6 Å². The molecule has 1 aliphatic carbocycles. The smallest absolute Gasteiger partial charge is 0.242 e. The monoisotopic (exact) mass is 308 g/mol. The number of rotatable bonds is 3. The van der Waals surface area contributed by atoms with E-state index >= 15 is 0 Å². The summed E-state index contributed by atoms with van der Waals surface area (Å²) < 4.78 is 40.1. The molecule has 0 radical (unpaired) electrons. The molecule has 21 heavy (non-hydrogen) atoms. The lowest BCUT2D eigenvalue weighted by molar-refractivity contribution is 0.151. The minimum atomic E-state index is -3.95. The van der Waals surface area contributed by atoms with E-state index in [0.29, 0.717) is 6.42 Å². The molecular formula is C14H13FN2O3S. The van der Waals surface area contributed by atoms with Crippen molar-refractivity contribution < 1.29 is 17.9 Å². The van der Waals surface area contributed by atoms with Gasteiger partial charge in [-0.3, -0.25) is 4.98 Å². The van der Waals surface area contributed by atoms with Crippen molar-refractivity contribution in [2.45, 2.75) is 23.5 Å². The fraction of sp³-hybridized carbons (Fsp3) is 0.214. The molecule has 1 aliphatic rings. The fourth-order valence-corrected chi connectivity index (χ4v) is 3.71. The van der Waals surface area contributed by atoms with E-state index in [1.165, 1.54) is 0 Å². The Morgan fingerprint density at radius 3 is 2.81 bits per heavy atom. The fourth-order valence-electron chi connectivity index (χ4n) is 2.49. The van der Waals surface area contributed by atoms with Gasteiger partial charge in [-0.15, -0.1) is 0 Å². The van der Waals surface area contributed by atoms with Gasteiger partial charge in [-0.2, -0.15) is 0 Å². The first-order chi connectivity index (χ1) is 9.97. The van der Waals surface area contributed by atoms with Crippen LogP contribution in [0.2, 0.25) is 0 Å². The summed E-state index contributed by atoms with van der Waals surface area (Å²) in [6.07, 6.45) is 1.53. The van der Waals surface area contributed by atoms with E-state index in [2.05, 4.69) is 9.71 Å². The van der Waals surface area contributed by atoms with E-state index in [1.54, 1.807) is 12.1 Å². The molecular weight excluding hydrogens is 295 g/mol. The summed E-state index contributed by atoms with van der Waals surface area (Å²) in [5.41, 5.74) is 1.63. The minimum absolute atomic E-state index is 0.265. The molecule has 7 heteroatoms. The Balaban J connectivity index is 1.93. The topological polar surface area (TPSA) is 79.3 Å². The lowest BCUT2D eigenvalue weighted by Crippen LogP contribution is -2.34. The summed E-state index contributed by atoms with van der Waals surface area (Å²) >= 11 is 0. The van der Waals surface area contributed by atoms with Crippen molar-refractivity contribution in [1.82, 2.24) is 9.71 Å². The first kappa shape index (κ1) is 14.1. The second-order valence-electron chi connectivity index (χ2n) is 4.91. The summed E-state index contributed by atoms with van der Waals surface area (Å²) in [4.78, 5) is 3.27. The number of halogens is 1. The third-order valence-corrected chi connectivity index (χ3v) is 4.88. The summed E-state index contributed by atoms with van der Waals surface area (Å²) in [7, 11) is -3.95. The maximum absolute atomic E-state index is 13.1. The van der Waals surface area contributed by atoms with Crippen molar-refractivity contribution in [2.24, 2.45) is 0 Å². The van der Waals surface area contributed by atoms with Crippen LogP contribution in [0.25, 0.3) is 0 Å². The van der Waals surface area contributed by atoms with Crippen LogP contribution in [0.5, 0.6) is 0 Å². The lowest BCUT2D eigenvalue weighted by atomic mass is 10.1. The molecule has 0 fully saturated rings. The summed E-state index contributed by atoms with van der Waals surface area (Å²) in [6, 6.07) is 7.37. The molecule has 0 saturated carbocycles.